The van der Waals surface area contributed by atoms with Gasteiger partial charge in [-0.15, -0.1) is 0 Å². The van der Waals surface area contributed by atoms with Gasteiger partial charge in [0, 0.05) is 0 Å². The molecule has 52 valence electrons. The van der Waals surface area contributed by atoms with Crippen molar-refractivity contribution in [3.8, 4) is 0 Å². The molecular weight excluding hydrogens is 119 g/mol. The fourth-order valence-electron chi connectivity index (χ4n) is 1.35. The van der Waals surface area contributed by atoms with E-state index in [1.807, 2.05) is 0 Å². The highest BCUT2D eigenvalue weighted by atomic mass is 19.1. The first kappa shape index (κ1) is 6.72. The number of carbonyl (C=O) groups is 1. The second-order valence-electron chi connectivity index (χ2n) is 3.04. The Labute approximate surface area is 54.3 Å². The fraction of sp³-hybridized carbons (Fsp3) is 0.857. The van der Waals surface area contributed by atoms with Crippen LogP contribution < -0.4 is 0 Å². The van der Waals surface area contributed by atoms with E-state index in [0.29, 0.717) is 0 Å². The Kier molecular flexibility index (Phi) is 1.56. The SMILES string of the molecule is CC1(C(=O)F)CCCC1. The molecule has 0 unspecified atom stereocenters. The van der Waals surface area contributed by atoms with Gasteiger partial charge in [0.2, 0.25) is 0 Å². The maximum absolute atomic E-state index is 12.2. The molecule has 1 saturated carbocycles. The summed E-state index contributed by atoms with van der Waals surface area (Å²) in [6.07, 6.45) is 3.49. The molecule has 1 rings (SSSR count). The van der Waals surface area contributed by atoms with E-state index in [1.165, 1.54) is 0 Å². The van der Waals surface area contributed by atoms with E-state index in [9.17, 15) is 9.18 Å². The van der Waals surface area contributed by atoms with Gasteiger partial charge in [0.15, 0.2) is 0 Å². The van der Waals surface area contributed by atoms with Crippen LogP contribution in [0.1, 0.15) is 32.6 Å². The molecule has 1 aliphatic rings. The molecule has 1 aliphatic carbocycles. The van der Waals surface area contributed by atoms with Gasteiger partial charge >= 0.3 is 6.04 Å². The Bertz CT molecular complexity index is 125. The molecule has 0 aromatic rings. The van der Waals surface area contributed by atoms with E-state index in [2.05, 4.69) is 0 Å². The minimum absolute atomic E-state index is 0.611. The highest BCUT2D eigenvalue weighted by Gasteiger charge is 2.36. The third-order valence-electron chi connectivity index (χ3n) is 2.18. The van der Waals surface area contributed by atoms with Crippen molar-refractivity contribution in [3.05, 3.63) is 0 Å². The highest BCUT2D eigenvalue weighted by molar-refractivity contribution is 5.75. The van der Waals surface area contributed by atoms with Crippen LogP contribution in [0, 0.1) is 5.41 Å². The molecule has 0 spiro atoms. The third-order valence-corrected chi connectivity index (χ3v) is 2.18. The van der Waals surface area contributed by atoms with Crippen LogP contribution in [-0.4, -0.2) is 6.04 Å². The Morgan fingerprint density at radius 3 is 2.11 bits per heavy atom. The number of carbonyl (C=O) groups excluding carboxylic acids is 1. The van der Waals surface area contributed by atoms with Crippen molar-refractivity contribution in [2.75, 3.05) is 0 Å². The maximum atomic E-state index is 12.2. The smallest absolute Gasteiger partial charge is 0.261 e. The summed E-state index contributed by atoms with van der Waals surface area (Å²) >= 11 is 0. The van der Waals surface area contributed by atoms with Crippen molar-refractivity contribution in [3.63, 3.8) is 0 Å². The molecule has 1 fully saturated rings. The molecule has 0 heterocycles. The summed E-state index contributed by atoms with van der Waals surface area (Å²) in [7, 11) is 0. The monoisotopic (exact) mass is 130 g/mol. The van der Waals surface area contributed by atoms with E-state index in [1.54, 1.807) is 6.92 Å². The number of hydrogen-bond acceptors (Lipinski definition) is 1. The van der Waals surface area contributed by atoms with Gasteiger partial charge in [0.05, 0.1) is 5.41 Å². The largest absolute Gasteiger partial charge is 0.307 e. The standard InChI is InChI=1S/C7H11FO/c1-7(6(8)9)4-2-3-5-7/h2-5H2,1H3. The van der Waals surface area contributed by atoms with Gasteiger partial charge < -0.3 is 0 Å². The van der Waals surface area contributed by atoms with Gasteiger partial charge in [-0.05, 0) is 19.8 Å². The van der Waals surface area contributed by atoms with Crippen LogP contribution in [0.25, 0.3) is 0 Å². The van der Waals surface area contributed by atoms with Crippen LogP contribution in [0.3, 0.4) is 0 Å². The summed E-state index contributed by atoms with van der Waals surface area (Å²) in [6, 6.07) is -1.13. The van der Waals surface area contributed by atoms with Gasteiger partial charge in [0.25, 0.3) is 0 Å². The lowest BCUT2D eigenvalue weighted by atomic mass is 9.90. The Morgan fingerprint density at radius 2 is 1.89 bits per heavy atom. The van der Waals surface area contributed by atoms with Crippen LogP contribution in [-0.2, 0) is 4.79 Å². The summed E-state index contributed by atoms with van der Waals surface area (Å²) in [5.41, 5.74) is -0.611. The predicted molar refractivity (Wildman–Crippen MR) is 32.7 cm³/mol. The van der Waals surface area contributed by atoms with E-state index in [4.69, 9.17) is 0 Å². The molecule has 0 N–H and O–H groups in total. The van der Waals surface area contributed by atoms with E-state index < -0.39 is 11.5 Å². The molecule has 0 aromatic heterocycles. The molecule has 0 radical (unpaired) electrons. The first-order valence-corrected chi connectivity index (χ1v) is 3.35. The zero-order valence-corrected chi connectivity index (χ0v) is 5.61. The van der Waals surface area contributed by atoms with Gasteiger partial charge in [0.1, 0.15) is 0 Å². The Balaban J connectivity index is 2.61. The summed E-state index contributed by atoms with van der Waals surface area (Å²) < 4.78 is 12.2. The van der Waals surface area contributed by atoms with Gasteiger partial charge in [-0.1, -0.05) is 12.8 Å². The molecule has 0 atom stereocenters. The van der Waals surface area contributed by atoms with Gasteiger partial charge in [-0.2, -0.15) is 4.39 Å². The average Bonchev–Trinajstić information content (AvgIpc) is 2.16. The highest BCUT2D eigenvalue weighted by Crippen LogP contribution is 2.38. The minimum atomic E-state index is -1.13. The predicted octanol–water partition coefficient (Wildman–Crippen LogP) is 2.06. The first-order valence-electron chi connectivity index (χ1n) is 3.35. The van der Waals surface area contributed by atoms with Crippen molar-refractivity contribution in [1.82, 2.24) is 0 Å². The second-order valence-corrected chi connectivity index (χ2v) is 3.04. The topological polar surface area (TPSA) is 17.1 Å². The first-order chi connectivity index (χ1) is 4.15. The molecule has 0 amide bonds. The summed E-state index contributed by atoms with van der Waals surface area (Å²) in [5.74, 6) is 0. The molecular formula is C7H11FO. The minimum Gasteiger partial charge on any atom is -0.261 e. The maximum Gasteiger partial charge on any atom is 0.307 e. The van der Waals surface area contributed by atoms with Crippen LogP contribution in [0.4, 0.5) is 4.39 Å². The van der Waals surface area contributed by atoms with Crippen LogP contribution in [0.5, 0.6) is 0 Å². The van der Waals surface area contributed by atoms with E-state index in [0.717, 1.165) is 25.7 Å². The number of hydrogen-bond donors (Lipinski definition) is 0. The van der Waals surface area contributed by atoms with Crippen molar-refractivity contribution in [2.24, 2.45) is 5.41 Å². The molecule has 0 bridgehead atoms. The zero-order valence-electron chi connectivity index (χ0n) is 5.61. The molecule has 0 saturated heterocycles. The van der Waals surface area contributed by atoms with Crippen molar-refractivity contribution >= 4 is 6.04 Å². The van der Waals surface area contributed by atoms with Crippen molar-refractivity contribution < 1.29 is 9.18 Å². The number of rotatable bonds is 1. The lowest BCUT2D eigenvalue weighted by Crippen LogP contribution is -2.19. The quantitative estimate of drug-likeness (QED) is 0.496. The van der Waals surface area contributed by atoms with Crippen LogP contribution >= 0.6 is 0 Å². The third kappa shape index (κ3) is 1.12. The number of halogens is 1. The van der Waals surface area contributed by atoms with E-state index >= 15 is 0 Å². The van der Waals surface area contributed by atoms with Crippen molar-refractivity contribution in [2.45, 2.75) is 32.6 Å². The molecule has 0 aromatic carbocycles. The van der Waals surface area contributed by atoms with E-state index in [-0.39, 0.29) is 0 Å². The molecule has 1 nitrogen and oxygen atoms in total. The normalized spacial score (nSPS) is 24.2. The zero-order chi connectivity index (χ0) is 6.91. The summed E-state index contributed by atoms with van der Waals surface area (Å²) in [6.45, 7) is 1.71. The second kappa shape index (κ2) is 2.09. The van der Waals surface area contributed by atoms with Crippen molar-refractivity contribution in [1.29, 1.82) is 0 Å². The van der Waals surface area contributed by atoms with Crippen LogP contribution in [0.15, 0.2) is 0 Å². The van der Waals surface area contributed by atoms with Gasteiger partial charge in [-0.3, -0.25) is 4.79 Å². The average molecular weight is 130 g/mol. The Hall–Kier alpha value is -0.400. The lowest BCUT2D eigenvalue weighted by molar-refractivity contribution is -0.138. The van der Waals surface area contributed by atoms with Crippen LogP contribution in [0.2, 0.25) is 0 Å². The Morgan fingerprint density at radius 1 is 1.44 bits per heavy atom. The molecule has 0 aliphatic heterocycles. The lowest BCUT2D eigenvalue weighted by Gasteiger charge is -2.14. The molecule has 2 heteroatoms. The fourth-order valence-corrected chi connectivity index (χ4v) is 1.35. The van der Waals surface area contributed by atoms with Gasteiger partial charge in [-0.25, -0.2) is 0 Å². The summed E-state index contributed by atoms with van der Waals surface area (Å²) in [5, 5.41) is 0. The summed E-state index contributed by atoms with van der Waals surface area (Å²) in [4.78, 5) is 10.3. The molecule has 9 heavy (non-hydrogen) atoms.